The third-order valence-electron chi connectivity index (χ3n) is 3.25. The lowest BCUT2D eigenvalue weighted by molar-refractivity contribution is -0.146. The number of hydrogen-bond acceptors (Lipinski definition) is 5. The van der Waals surface area contributed by atoms with Crippen LogP contribution >= 0.6 is 0 Å². The summed E-state index contributed by atoms with van der Waals surface area (Å²) in [7, 11) is 0. The molecule has 138 valence electrons. The molecule has 0 fully saturated rings. The van der Waals surface area contributed by atoms with Gasteiger partial charge in [0.05, 0.1) is 0 Å². The van der Waals surface area contributed by atoms with Crippen molar-refractivity contribution in [1.82, 2.24) is 0 Å². The van der Waals surface area contributed by atoms with Crippen LogP contribution < -0.4 is 5.73 Å². The van der Waals surface area contributed by atoms with E-state index in [1.165, 1.54) is 0 Å². The molecule has 0 spiro atoms. The highest BCUT2D eigenvalue weighted by Crippen LogP contribution is 2.06. The minimum absolute atomic E-state index is 0.216. The second kappa shape index (κ2) is 13.2. The summed E-state index contributed by atoms with van der Waals surface area (Å²) in [6.07, 6.45) is 1.11. The maximum atomic E-state index is 11.6. The molecule has 26 heavy (non-hydrogen) atoms. The summed E-state index contributed by atoms with van der Waals surface area (Å²) in [5, 5.41) is 0. The number of rotatable bonds is 8. The average Bonchev–Trinajstić information content (AvgIpc) is 2.67. The first-order valence-corrected chi connectivity index (χ1v) is 8.20. The number of benzene rings is 2. The molecule has 2 rings (SSSR count). The van der Waals surface area contributed by atoms with E-state index >= 15 is 0 Å². The van der Waals surface area contributed by atoms with Crippen LogP contribution in [0.3, 0.4) is 0 Å². The molecule has 0 saturated carbocycles. The van der Waals surface area contributed by atoms with Crippen molar-refractivity contribution >= 4 is 18.3 Å². The fourth-order valence-corrected chi connectivity index (χ4v) is 2.00. The molecule has 2 aromatic rings. The minimum atomic E-state index is -0.301. The molecule has 0 radical (unpaired) electrons. The van der Waals surface area contributed by atoms with E-state index in [1.807, 2.05) is 60.7 Å². The number of carbonyl (C=O) groups excluding carboxylic acids is 3. The van der Waals surface area contributed by atoms with Gasteiger partial charge in [0.25, 0.3) is 0 Å². The van der Waals surface area contributed by atoms with E-state index in [2.05, 4.69) is 5.73 Å². The quantitative estimate of drug-likeness (QED) is 0.579. The molecule has 0 aromatic heterocycles. The molecule has 0 heterocycles. The van der Waals surface area contributed by atoms with Crippen molar-refractivity contribution in [2.45, 2.75) is 32.5 Å². The van der Waals surface area contributed by atoms with E-state index < -0.39 is 0 Å². The first-order chi connectivity index (χ1) is 12.7. The van der Waals surface area contributed by atoms with Gasteiger partial charge in [0, 0.05) is 12.8 Å². The van der Waals surface area contributed by atoms with E-state index in [0.717, 1.165) is 11.1 Å². The van der Waals surface area contributed by atoms with E-state index in [9.17, 15) is 9.59 Å². The molecule has 0 bridgehead atoms. The molecule has 2 N–H and O–H groups in total. The number of hydrogen-bond donors (Lipinski definition) is 1. The molecule has 6 nitrogen and oxygen atoms in total. The van der Waals surface area contributed by atoms with Crippen LogP contribution in [0, 0.1) is 0 Å². The first kappa shape index (κ1) is 20.9. The molecule has 0 aliphatic heterocycles. The predicted octanol–water partition coefficient (Wildman–Crippen LogP) is 2.75. The molecule has 0 atom stereocenters. The van der Waals surface area contributed by atoms with Crippen molar-refractivity contribution in [1.29, 1.82) is 0 Å². The largest absolute Gasteiger partial charge is 0.461 e. The van der Waals surface area contributed by atoms with E-state index in [-0.39, 0.29) is 44.4 Å². The summed E-state index contributed by atoms with van der Waals surface area (Å²) in [4.78, 5) is 31.8. The predicted molar refractivity (Wildman–Crippen MR) is 96.6 cm³/mol. The number of carbonyl (C=O) groups is 3. The molecular formula is C20H23NO5. The lowest BCUT2D eigenvalue weighted by Gasteiger charge is -2.06. The standard InChI is InChI=1S/C19H20O4.CH3NO/c20-18(22-14-16-8-3-1-4-9-16)12-7-13-19(21)23-15-17-10-5-2-6-11-17;2-1-3/h1-6,8-11H,7,12-15H2;1H,(H2,2,3). The Morgan fingerprint density at radius 1 is 0.769 bits per heavy atom. The zero-order valence-corrected chi connectivity index (χ0v) is 14.5. The second-order valence-electron chi connectivity index (χ2n) is 5.28. The number of esters is 2. The Hall–Kier alpha value is -3.15. The summed E-state index contributed by atoms with van der Waals surface area (Å²) in [5.74, 6) is -0.602. The fraction of sp³-hybridized carbons (Fsp3) is 0.250. The van der Waals surface area contributed by atoms with Gasteiger partial charge >= 0.3 is 11.9 Å². The van der Waals surface area contributed by atoms with Gasteiger partial charge in [0.1, 0.15) is 13.2 Å². The third kappa shape index (κ3) is 9.87. The van der Waals surface area contributed by atoms with Crippen molar-refractivity contribution in [2.24, 2.45) is 5.73 Å². The van der Waals surface area contributed by atoms with Crippen molar-refractivity contribution in [2.75, 3.05) is 0 Å². The van der Waals surface area contributed by atoms with Gasteiger partial charge in [-0.25, -0.2) is 0 Å². The van der Waals surface area contributed by atoms with Gasteiger partial charge in [0.15, 0.2) is 0 Å². The second-order valence-corrected chi connectivity index (χ2v) is 5.28. The van der Waals surface area contributed by atoms with E-state index in [0.29, 0.717) is 6.42 Å². The summed E-state index contributed by atoms with van der Waals surface area (Å²) >= 11 is 0. The van der Waals surface area contributed by atoms with Gasteiger partial charge in [-0.05, 0) is 17.5 Å². The Balaban J connectivity index is 0.00000105. The normalized spacial score (nSPS) is 9.38. The van der Waals surface area contributed by atoms with Gasteiger partial charge in [-0.1, -0.05) is 60.7 Å². The third-order valence-corrected chi connectivity index (χ3v) is 3.25. The van der Waals surface area contributed by atoms with E-state index in [1.54, 1.807) is 0 Å². The molecule has 0 aliphatic rings. The molecule has 0 aliphatic carbocycles. The van der Waals surface area contributed by atoms with Crippen LogP contribution in [0.1, 0.15) is 30.4 Å². The number of ether oxygens (including phenoxy) is 2. The Labute approximate surface area is 152 Å². The van der Waals surface area contributed by atoms with Crippen LogP contribution in [0.4, 0.5) is 0 Å². The van der Waals surface area contributed by atoms with Crippen LogP contribution in [-0.2, 0) is 37.1 Å². The monoisotopic (exact) mass is 357 g/mol. The Bertz CT molecular complexity index is 603. The van der Waals surface area contributed by atoms with Crippen LogP contribution in [0.25, 0.3) is 0 Å². The Kier molecular flexibility index (Phi) is 10.6. The highest BCUT2D eigenvalue weighted by Gasteiger charge is 2.08. The maximum Gasteiger partial charge on any atom is 0.306 e. The van der Waals surface area contributed by atoms with Crippen LogP contribution in [0.2, 0.25) is 0 Å². The highest BCUT2D eigenvalue weighted by molar-refractivity contribution is 5.72. The van der Waals surface area contributed by atoms with Gasteiger partial charge in [-0.15, -0.1) is 0 Å². The lowest BCUT2D eigenvalue weighted by Crippen LogP contribution is -2.08. The van der Waals surface area contributed by atoms with Crippen molar-refractivity contribution in [3.8, 4) is 0 Å². The average molecular weight is 357 g/mol. The topological polar surface area (TPSA) is 95.7 Å². The lowest BCUT2D eigenvalue weighted by atomic mass is 10.2. The number of nitrogens with two attached hydrogens (primary N) is 1. The van der Waals surface area contributed by atoms with Crippen molar-refractivity contribution < 1.29 is 23.9 Å². The van der Waals surface area contributed by atoms with Crippen molar-refractivity contribution in [3.05, 3.63) is 71.8 Å². The van der Waals surface area contributed by atoms with Crippen molar-refractivity contribution in [3.63, 3.8) is 0 Å². The summed E-state index contributed by atoms with van der Waals surface area (Å²) in [5.41, 5.74) is 6.06. The van der Waals surface area contributed by atoms with E-state index in [4.69, 9.17) is 14.3 Å². The number of primary amides is 1. The van der Waals surface area contributed by atoms with Gasteiger partial charge in [-0.2, -0.15) is 0 Å². The van der Waals surface area contributed by atoms with Gasteiger partial charge in [0.2, 0.25) is 6.41 Å². The molecule has 1 amide bonds. The number of amides is 1. The van der Waals surface area contributed by atoms with Gasteiger partial charge in [-0.3, -0.25) is 14.4 Å². The fourth-order valence-electron chi connectivity index (χ4n) is 2.00. The zero-order valence-electron chi connectivity index (χ0n) is 14.5. The minimum Gasteiger partial charge on any atom is -0.461 e. The Morgan fingerprint density at radius 2 is 1.12 bits per heavy atom. The van der Waals surface area contributed by atoms with Gasteiger partial charge < -0.3 is 15.2 Å². The highest BCUT2D eigenvalue weighted by atomic mass is 16.5. The van der Waals surface area contributed by atoms with Crippen LogP contribution in [0.15, 0.2) is 60.7 Å². The van der Waals surface area contributed by atoms with Crippen LogP contribution in [0.5, 0.6) is 0 Å². The Morgan fingerprint density at radius 3 is 1.46 bits per heavy atom. The zero-order chi connectivity index (χ0) is 19.0. The smallest absolute Gasteiger partial charge is 0.306 e. The maximum absolute atomic E-state index is 11.6. The SMILES string of the molecule is NC=O.O=C(CCCC(=O)OCc1ccccc1)OCc1ccccc1. The molecule has 0 saturated heterocycles. The molecule has 0 unspecified atom stereocenters. The first-order valence-electron chi connectivity index (χ1n) is 8.20. The molecule has 6 heteroatoms. The molecule has 2 aromatic carbocycles. The summed E-state index contributed by atoms with van der Waals surface area (Å²) in [6, 6.07) is 19.0. The summed E-state index contributed by atoms with van der Waals surface area (Å²) in [6.45, 7) is 0.524. The summed E-state index contributed by atoms with van der Waals surface area (Å²) < 4.78 is 10.3. The molecular weight excluding hydrogens is 334 g/mol. The van der Waals surface area contributed by atoms with Crippen LogP contribution in [-0.4, -0.2) is 18.3 Å².